The van der Waals surface area contributed by atoms with Gasteiger partial charge < -0.3 is 4.74 Å². The third-order valence-corrected chi connectivity index (χ3v) is 4.01. The van der Waals surface area contributed by atoms with Crippen LogP contribution in [0, 0.1) is 11.3 Å². The molecule has 104 valence electrons. The Morgan fingerprint density at radius 3 is 2.50 bits per heavy atom. The van der Waals surface area contributed by atoms with Crippen LogP contribution in [0.5, 0.6) is 0 Å². The molecule has 0 spiro atoms. The van der Waals surface area contributed by atoms with Crippen LogP contribution in [0.2, 0.25) is 0 Å². The molecule has 0 heterocycles. The summed E-state index contributed by atoms with van der Waals surface area (Å²) in [4.78, 5) is 11.8. The van der Waals surface area contributed by atoms with Gasteiger partial charge >= 0.3 is 5.97 Å². The van der Waals surface area contributed by atoms with Crippen LogP contribution >= 0.6 is 0 Å². The first-order valence-electron chi connectivity index (χ1n) is 7.24. The van der Waals surface area contributed by atoms with Crippen molar-refractivity contribution in [2.45, 2.75) is 66.2 Å². The van der Waals surface area contributed by atoms with Crippen molar-refractivity contribution in [3.05, 3.63) is 11.6 Å². The molecule has 2 nitrogen and oxygen atoms in total. The van der Waals surface area contributed by atoms with Crippen LogP contribution in [-0.2, 0) is 9.53 Å². The fourth-order valence-corrected chi connectivity index (χ4v) is 2.24. The maximum atomic E-state index is 11.8. The highest BCUT2D eigenvalue weighted by molar-refractivity contribution is 5.77. The summed E-state index contributed by atoms with van der Waals surface area (Å²) in [7, 11) is 0. The molecule has 2 heteroatoms. The summed E-state index contributed by atoms with van der Waals surface area (Å²) < 4.78 is 5.39. The van der Waals surface area contributed by atoms with Crippen molar-refractivity contribution in [3.8, 4) is 0 Å². The van der Waals surface area contributed by atoms with E-state index in [4.69, 9.17) is 4.74 Å². The molecule has 18 heavy (non-hydrogen) atoms. The summed E-state index contributed by atoms with van der Waals surface area (Å²) in [6.07, 6.45) is 8.75. The Hall–Kier alpha value is -0.790. The summed E-state index contributed by atoms with van der Waals surface area (Å²) in [5, 5.41) is 0. The van der Waals surface area contributed by atoms with Gasteiger partial charge in [-0.2, -0.15) is 0 Å². The summed E-state index contributed by atoms with van der Waals surface area (Å²) >= 11 is 0. The smallest absolute Gasteiger partial charge is 0.311 e. The number of ether oxygens (including phenoxy) is 1. The second-order valence-electron chi connectivity index (χ2n) is 6.30. The molecule has 0 radical (unpaired) electrons. The Bertz CT molecular complexity index is 296. The summed E-state index contributed by atoms with van der Waals surface area (Å²) in [6, 6.07) is 0. The van der Waals surface area contributed by atoms with Crippen LogP contribution < -0.4 is 0 Å². The van der Waals surface area contributed by atoms with Crippen molar-refractivity contribution >= 4 is 5.97 Å². The van der Waals surface area contributed by atoms with E-state index in [1.165, 1.54) is 18.4 Å². The van der Waals surface area contributed by atoms with Crippen LogP contribution in [0.4, 0.5) is 0 Å². The zero-order valence-corrected chi connectivity index (χ0v) is 12.4. The van der Waals surface area contributed by atoms with Crippen LogP contribution in [0.15, 0.2) is 11.6 Å². The molecule has 0 aromatic carbocycles. The van der Waals surface area contributed by atoms with Gasteiger partial charge in [0.05, 0.1) is 12.0 Å². The maximum Gasteiger partial charge on any atom is 0.311 e. The molecule has 1 unspecified atom stereocenters. The molecule has 1 aliphatic carbocycles. The van der Waals surface area contributed by atoms with E-state index >= 15 is 0 Å². The van der Waals surface area contributed by atoms with Gasteiger partial charge in [0.15, 0.2) is 0 Å². The summed E-state index contributed by atoms with van der Waals surface area (Å²) in [5.74, 6) is 0.646. The molecular formula is C16H28O2. The number of rotatable bonds is 7. The standard InChI is InChI=1S/C16H28O2/c1-13(2)7-5-8-14(3)9-12-18-15(17)16(4)10-6-11-16/h7,14H,5-6,8-12H2,1-4H3. The molecule has 1 rings (SSSR count). The van der Waals surface area contributed by atoms with Crippen molar-refractivity contribution in [1.82, 2.24) is 0 Å². The first-order valence-corrected chi connectivity index (χ1v) is 7.24. The largest absolute Gasteiger partial charge is 0.465 e. The Balaban J connectivity index is 2.10. The van der Waals surface area contributed by atoms with E-state index in [1.54, 1.807) is 0 Å². The van der Waals surface area contributed by atoms with E-state index in [9.17, 15) is 4.79 Å². The normalized spacial score (nSPS) is 18.7. The van der Waals surface area contributed by atoms with Crippen LogP contribution in [0.3, 0.4) is 0 Å². The van der Waals surface area contributed by atoms with Crippen molar-refractivity contribution in [3.63, 3.8) is 0 Å². The first-order chi connectivity index (χ1) is 8.44. The van der Waals surface area contributed by atoms with Gasteiger partial charge in [-0.05, 0) is 58.8 Å². The minimum Gasteiger partial charge on any atom is -0.465 e. The molecule has 0 saturated heterocycles. The van der Waals surface area contributed by atoms with Gasteiger partial charge in [0.2, 0.25) is 0 Å². The maximum absolute atomic E-state index is 11.8. The Morgan fingerprint density at radius 1 is 1.33 bits per heavy atom. The van der Waals surface area contributed by atoms with Crippen LogP contribution in [0.1, 0.15) is 66.2 Å². The van der Waals surface area contributed by atoms with Gasteiger partial charge in [0, 0.05) is 0 Å². The number of carbonyl (C=O) groups excluding carboxylic acids is 1. The topological polar surface area (TPSA) is 26.3 Å². The quantitative estimate of drug-likeness (QED) is 0.493. The lowest BCUT2D eigenvalue weighted by Gasteiger charge is -2.35. The fourth-order valence-electron chi connectivity index (χ4n) is 2.24. The highest BCUT2D eigenvalue weighted by Crippen LogP contribution is 2.41. The molecule has 0 aliphatic heterocycles. The Morgan fingerprint density at radius 2 is 2.00 bits per heavy atom. The monoisotopic (exact) mass is 252 g/mol. The number of carbonyl (C=O) groups is 1. The zero-order valence-electron chi connectivity index (χ0n) is 12.4. The molecule has 1 saturated carbocycles. The molecule has 1 fully saturated rings. The lowest BCUT2D eigenvalue weighted by Crippen LogP contribution is -2.36. The number of allylic oxidation sites excluding steroid dienone is 2. The van der Waals surface area contributed by atoms with Crippen molar-refractivity contribution in [2.75, 3.05) is 6.61 Å². The Labute approximate surface area is 112 Å². The second-order valence-corrected chi connectivity index (χ2v) is 6.30. The molecule has 0 N–H and O–H groups in total. The van der Waals surface area contributed by atoms with Gasteiger partial charge in [-0.1, -0.05) is 25.0 Å². The van der Waals surface area contributed by atoms with E-state index in [2.05, 4.69) is 26.8 Å². The number of esters is 1. The average Bonchev–Trinajstić information content (AvgIpc) is 2.25. The minimum absolute atomic E-state index is 0.0187. The van der Waals surface area contributed by atoms with Gasteiger partial charge in [-0.25, -0.2) is 0 Å². The minimum atomic E-state index is -0.161. The lowest BCUT2D eigenvalue weighted by atomic mass is 9.70. The predicted molar refractivity (Wildman–Crippen MR) is 75.4 cm³/mol. The van der Waals surface area contributed by atoms with Gasteiger partial charge in [-0.15, -0.1) is 0 Å². The van der Waals surface area contributed by atoms with E-state index < -0.39 is 0 Å². The molecule has 0 aromatic heterocycles. The van der Waals surface area contributed by atoms with E-state index in [0.29, 0.717) is 12.5 Å². The number of hydrogen-bond donors (Lipinski definition) is 0. The van der Waals surface area contributed by atoms with Crippen molar-refractivity contribution in [1.29, 1.82) is 0 Å². The highest BCUT2D eigenvalue weighted by atomic mass is 16.5. The average molecular weight is 252 g/mol. The highest BCUT2D eigenvalue weighted by Gasteiger charge is 2.40. The molecule has 0 aromatic rings. The van der Waals surface area contributed by atoms with Crippen LogP contribution in [-0.4, -0.2) is 12.6 Å². The van der Waals surface area contributed by atoms with E-state index in [0.717, 1.165) is 25.7 Å². The second kappa shape index (κ2) is 6.96. The van der Waals surface area contributed by atoms with Crippen LogP contribution in [0.25, 0.3) is 0 Å². The van der Waals surface area contributed by atoms with Crippen molar-refractivity contribution < 1.29 is 9.53 Å². The third kappa shape index (κ3) is 4.83. The Kier molecular flexibility index (Phi) is 5.90. The van der Waals surface area contributed by atoms with Gasteiger partial charge in [0.1, 0.15) is 0 Å². The molecule has 1 atom stereocenters. The van der Waals surface area contributed by atoms with Crippen molar-refractivity contribution in [2.24, 2.45) is 11.3 Å². The predicted octanol–water partition coefficient (Wildman–Crippen LogP) is 4.49. The summed E-state index contributed by atoms with van der Waals surface area (Å²) in [5.41, 5.74) is 1.22. The third-order valence-electron chi connectivity index (χ3n) is 4.01. The van der Waals surface area contributed by atoms with Gasteiger partial charge in [0.25, 0.3) is 0 Å². The van der Waals surface area contributed by atoms with E-state index in [1.807, 2.05) is 6.92 Å². The van der Waals surface area contributed by atoms with Gasteiger partial charge in [-0.3, -0.25) is 4.79 Å². The van der Waals surface area contributed by atoms with E-state index in [-0.39, 0.29) is 11.4 Å². The fraction of sp³-hybridized carbons (Fsp3) is 0.812. The molecule has 0 amide bonds. The SMILES string of the molecule is CC(C)=CCCC(C)CCOC(=O)C1(C)CCC1. The molecule has 1 aliphatic rings. The lowest BCUT2D eigenvalue weighted by molar-refractivity contribution is -0.160. The molecule has 0 bridgehead atoms. The molecular weight excluding hydrogens is 224 g/mol. The number of hydrogen-bond acceptors (Lipinski definition) is 2. The summed E-state index contributed by atoms with van der Waals surface area (Å²) in [6.45, 7) is 9.11. The zero-order chi connectivity index (χ0) is 13.6. The first kappa shape index (κ1) is 15.3.